The fraction of sp³-hybridized carbons (Fsp3) is 0.111. The van der Waals surface area contributed by atoms with E-state index in [4.69, 9.17) is 0 Å². The van der Waals surface area contributed by atoms with Crippen molar-refractivity contribution in [1.82, 2.24) is 20.2 Å². The van der Waals surface area contributed by atoms with Crippen molar-refractivity contribution in [2.24, 2.45) is 0 Å². The number of amides is 4. The summed E-state index contributed by atoms with van der Waals surface area (Å²) < 4.78 is 13.9. The van der Waals surface area contributed by atoms with Crippen molar-refractivity contribution < 1.29 is 18.8 Å². The molecule has 1 aromatic heterocycles. The summed E-state index contributed by atoms with van der Waals surface area (Å²) in [5.41, 5.74) is 1.91. The maximum Gasteiger partial charge on any atom is 0.324 e. The molecule has 1 aliphatic rings. The number of carbonyl (C=O) groups excluding carboxylic acids is 3. The number of benzene rings is 2. The number of hydrogen-bond donors (Lipinski definition) is 3. The van der Waals surface area contributed by atoms with Crippen LogP contribution in [0.5, 0.6) is 0 Å². The Labute approximate surface area is 166 Å². The van der Waals surface area contributed by atoms with Crippen LogP contribution in [-0.4, -0.2) is 39.3 Å². The number of fused-ring (bicyclic) bond motifs is 1. The van der Waals surface area contributed by atoms with Crippen molar-refractivity contribution in [3.8, 4) is 0 Å². The number of rotatable bonds is 4. The Hall–Kier alpha value is -3.27. The van der Waals surface area contributed by atoms with Gasteiger partial charge < -0.3 is 10.3 Å². The third-order valence-corrected chi connectivity index (χ3v) is 4.83. The van der Waals surface area contributed by atoms with Gasteiger partial charge in [0.1, 0.15) is 5.82 Å². The molecule has 4 rings (SSSR count). The van der Waals surface area contributed by atoms with Crippen molar-refractivity contribution in [3.63, 3.8) is 0 Å². The first-order valence-corrected chi connectivity index (χ1v) is 9.03. The van der Waals surface area contributed by atoms with Crippen LogP contribution in [0.15, 0.2) is 40.9 Å². The summed E-state index contributed by atoms with van der Waals surface area (Å²) in [7, 11) is 0. The maximum absolute atomic E-state index is 13.6. The van der Waals surface area contributed by atoms with Crippen LogP contribution >= 0.6 is 15.9 Å². The Morgan fingerprint density at radius 1 is 1.29 bits per heavy atom. The molecule has 0 atom stereocenters. The Bertz CT molecular complexity index is 1070. The number of aromatic amines is 1. The van der Waals surface area contributed by atoms with E-state index in [1.54, 1.807) is 24.3 Å². The lowest BCUT2D eigenvalue weighted by atomic mass is 10.1. The van der Waals surface area contributed by atoms with Crippen LogP contribution < -0.4 is 10.6 Å². The van der Waals surface area contributed by atoms with Gasteiger partial charge in [-0.05, 0) is 39.7 Å². The molecule has 3 aromatic rings. The highest BCUT2D eigenvalue weighted by molar-refractivity contribution is 9.10. The molecule has 3 N–H and O–H groups in total. The van der Waals surface area contributed by atoms with Gasteiger partial charge in [0.25, 0.3) is 5.91 Å². The van der Waals surface area contributed by atoms with Crippen LogP contribution in [0.1, 0.15) is 15.9 Å². The molecule has 0 bridgehead atoms. The summed E-state index contributed by atoms with van der Waals surface area (Å²) >= 11 is 3.09. The number of nitrogens with zero attached hydrogens (tertiary/aromatic N) is 2. The third kappa shape index (κ3) is 3.46. The predicted molar refractivity (Wildman–Crippen MR) is 102 cm³/mol. The minimum atomic E-state index is -0.458. The van der Waals surface area contributed by atoms with E-state index in [1.165, 1.54) is 12.1 Å². The molecule has 28 heavy (non-hydrogen) atoms. The number of imidazole rings is 1. The molecule has 2 aromatic carbocycles. The van der Waals surface area contributed by atoms with Crippen LogP contribution in [-0.2, 0) is 11.3 Å². The number of carbonyl (C=O) groups is 3. The van der Waals surface area contributed by atoms with Crippen LogP contribution in [0.3, 0.4) is 0 Å². The predicted octanol–water partition coefficient (Wildman–Crippen LogP) is 2.77. The molecule has 2 heterocycles. The summed E-state index contributed by atoms with van der Waals surface area (Å²) in [5.74, 6) is -1.02. The number of halogens is 2. The van der Waals surface area contributed by atoms with Gasteiger partial charge in [-0.2, -0.15) is 0 Å². The number of hydrogen-bond acceptors (Lipinski definition) is 4. The highest BCUT2D eigenvalue weighted by Gasteiger charge is 2.28. The van der Waals surface area contributed by atoms with E-state index in [9.17, 15) is 18.8 Å². The number of nitrogens with one attached hydrogen (secondary N) is 3. The molecular weight excluding hydrogens is 433 g/mol. The van der Waals surface area contributed by atoms with Crippen molar-refractivity contribution >= 4 is 50.8 Å². The van der Waals surface area contributed by atoms with Crippen LogP contribution in [0, 0.1) is 5.82 Å². The SMILES string of the molecule is O=C(Nc1nc2cc(Br)c(F)cc2[nH]1)c1cccc(CN2C(=O)CNC2=O)c1. The van der Waals surface area contributed by atoms with Crippen LogP contribution in [0.4, 0.5) is 15.1 Å². The summed E-state index contributed by atoms with van der Waals surface area (Å²) in [6, 6.07) is 8.90. The first-order valence-electron chi connectivity index (χ1n) is 8.24. The second-order valence-electron chi connectivity index (χ2n) is 6.16. The van der Waals surface area contributed by atoms with E-state index in [0.29, 0.717) is 22.2 Å². The van der Waals surface area contributed by atoms with E-state index in [1.807, 2.05) is 0 Å². The van der Waals surface area contributed by atoms with Crippen LogP contribution in [0.2, 0.25) is 0 Å². The van der Waals surface area contributed by atoms with Gasteiger partial charge in [-0.3, -0.25) is 19.8 Å². The lowest BCUT2D eigenvalue weighted by molar-refractivity contribution is -0.125. The Balaban J connectivity index is 1.52. The number of anilines is 1. The zero-order valence-corrected chi connectivity index (χ0v) is 15.8. The monoisotopic (exact) mass is 445 g/mol. The maximum atomic E-state index is 13.6. The van der Waals surface area contributed by atoms with Gasteiger partial charge in [0.2, 0.25) is 11.9 Å². The summed E-state index contributed by atoms with van der Waals surface area (Å²) in [6.45, 7) is 0.0471. The fourth-order valence-electron chi connectivity index (χ4n) is 2.85. The molecule has 1 aliphatic heterocycles. The van der Waals surface area contributed by atoms with Crippen molar-refractivity contribution in [2.75, 3.05) is 11.9 Å². The zero-order valence-electron chi connectivity index (χ0n) is 14.3. The van der Waals surface area contributed by atoms with Crippen molar-refractivity contribution in [2.45, 2.75) is 6.54 Å². The Morgan fingerprint density at radius 3 is 2.86 bits per heavy atom. The van der Waals surface area contributed by atoms with Gasteiger partial charge in [0, 0.05) is 11.6 Å². The molecule has 8 nitrogen and oxygen atoms in total. The minimum absolute atomic E-state index is 0.0260. The summed E-state index contributed by atoms with van der Waals surface area (Å²) in [5, 5.41) is 5.07. The fourth-order valence-corrected chi connectivity index (χ4v) is 3.18. The second kappa shape index (κ2) is 7.04. The van der Waals surface area contributed by atoms with E-state index >= 15 is 0 Å². The Morgan fingerprint density at radius 2 is 2.11 bits per heavy atom. The van der Waals surface area contributed by atoms with Crippen molar-refractivity contribution in [1.29, 1.82) is 0 Å². The summed E-state index contributed by atoms with van der Waals surface area (Å²) in [4.78, 5) is 44.0. The van der Waals surface area contributed by atoms with E-state index in [2.05, 4.69) is 36.5 Å². The van der Waals surface area contributed by atoms with E-state index in [0.717, 1.165) is 4.90 Å². The molecule has 1 saturated heterocycles. The molecule has 0 spiro atoms. The molecule has 4 amide bonds. The highest BCUT2D eigenvalue weighted by Crippen LogP contribution is 2.23. The van der Waals surface area contributed by atoms with Crippen LogP contribution in [0.25, 0.3) is 11.0 Å². The van der Waals surface area contributed by atoms with E-state index < -0.39 is 17.8 Å². The van der Waals surface area contributed by atoms with Gasteiger partial charge in [0.05, 0.1) is 28.6 Å². The largest absolute Gasteiger partial charge is 0.329 e. The van der Waals surface area contributed by atoms with Gasteiger partial charge in [-0.15, -0.1) is 0 Å². The lowest BCUT2D eigenvalue weighted by Gasteiger charge is -2.13. The molecule has 0 unspecified atom stereocenters. The zero-order chi connectivity index (χ0) is 19.8. The standard InChI is InChI=1S/C18H13BrFN5O3/c19-11-5-13-14(6-12(11)20)23-17(22-13)24-16(27)10-3-1-2-9(4-10)8-25-15(26)7-21-18(25)28/h1-6H,7-8H2,(H,21,28)(H2,22,23,24,27). The average molecular weight is 446 g/mol. The molecular formula is C18H13BrFN5O3. The third-order valence-electron chi connectivity index (χ3n) is 4.22. The number of imide groups is 1. The molecule has 0 aliphatic carbocycles. The topological polar surface area (TPSA) is 107 Å². The first-order chi connectivity index (χ1) is 13.4. The Kier molecular flexibility index (Phi) is 4.55. The number of urea groups is 1. The lowest BCUT2D eigenvalue weighted by Crippen LogP contribution is -2.30. The molecule has 1 fully saturated rings. The van der Waals surface area contributed by atoms with Gasteiger partial charge in [-0.1, -0.05) is 12.1 Å². The second-order valence-corrected chi connectivity index (χ2v) is 7.02. The average Bonchev–Trinajstić information content (AvgIpc) is 3.19. The van der Waals surface area contributed by atoms with E-state index in [-0.39, 0.29) is 29.4 Å². The molecule has 0 radical (unpaired) electrons. The first kappa shape index (κ1) is 18.1. The van der Waals surface area contributed by atoms with Crippen molar-refractivity contribution in [3.05, 3.63) is 57.8 Å². The summed E-state index contributed by atoms with van der Waals surface area (Å²) in [6.07, 6.45) is 0. The quantitative estimate of drug-likeness (QED) is 0.536. The molecule has 0 saturated carbocycles. The minimum Gasteiger partial charge on any atom is -0.329 e. The normalized spacial score (nSPS) is 13.9. The number of H-pyrrole nitrogens is 1. The van der Waals surface area contributed by atoms with Gasteiger partial charge in [0.15, 0.2) is 0 Å². The van der Waals surface area contributed by atoms with Gasteiger partial charge in [-0.25, -0.2) is 14.2 Å². The molecule has 10 heteroatoms. The highest BCUT2D eigenvalue weighted by atomic mass is 79.9. The van der Waals surface area contributed by atoms with Gasteiger partial charge >= 0.3 is 6.03 Å². The smallest absolute Gasteiger partial charge is 0.324 e. The molecule has 142 valence electrons. The number of aromatic nitrogens is 2.